The predicted octanol–water partition coefficient (Wildman–Crippen LogP) is 1.07. The summed E-state index contributed by atoms with van der Waals surface area (Å²) in [4.78, 5) is 4.25. The Kier molecular flexibility index (Phi) is 4.92. The maximum absolute atomic E-state index is 11.6. The average molecular weight is 309 g/mol. The number of rotatable bonds is 7. The molecule has 0 aromatic carbocycles. The summed E-state index contributed by atoms with van der Waals surface area (Å²) in [5.74, 6) is 0.661. The van der Waals surface area contributed by atoms with Crippen molar-refractivity contribution in [1.82, 2.24) is 19.9 Å². The van der Waals surface area contributed by atoms with Gasteiger partial charge < -0.3 is 5.32 Å². The molecule has 0 aliphatic carbocycles. The molecule has 114 valence electrons. The normalized spacial score (nSPS) is 11.5. The van der Waals surface area contributed by atoms with Crippen molar-refractivity contribution in [2.45, 2.75) is 24.7 Å². The number of hydrogen-bond donors (Lipinski definition) is 3. The summed E-state index contributed by atoms with van der Waals surface area (Å²) in [6.45, 7) is 2.76. The summed E-state index contributed by atoms with van der Waals surface area (Å²) < 4.78 is 25.4. The molecule has 2 aromatic heterocycles. The third-order valence-corrected chi connectivity index (χ3v) is 4.58. The monoisotopic (exact) mass is 309 g/mol. The lowest BCUT2D eigenvalue weighted by Crippen LogP contribution is -2.18. The van der Waals surface area contributed by atoms with Crippen molar-refractivity contribution in [3.63, 3.8) is 0 Å². The minimum atomic E-state index is -3.43. The molecule has 0 unspecified atom stereocenters. The summed E-state index contributed by atoms with van der Waals surface area (Å²) in [7, 11) is -2.05. The SMILES string of the molecule is CNS(=O)(=O)c1ccc(NCCCc2cn[nH]c2C)nc1. The van der Waals surface area contributed by atoms with Crippen LogP contribution in [0.15, 0.2) is 29.4 Å². The summed E-state index contributed by atoms with van der Waals surface area (Å²) in [5.41, 5.74) is 2.30. The van der Waals surface area contributed by atoms with Gasteiger partial charge in [0.15, 0.2) is 0 Å². The van der Waals surface area contributed by atoms with Gasteiger partial charge in [-0.3, -0.25) is 5.10 Å². The summed E-state index contributed by atoms with van der Waals surface area (Å²) in [6.07, 6.45) is 5.06. The molecule has 0 atom stereocenters. The molecule has 0 fully saturated rings. The van der Waals surface area contributed by atoms with Crippen LogP contribution >= 0.6 is 0 Å². The van der Waals surface area contributed by atoms with Gasteiger partial charge in [-0.15, -0.1) is 0 Å². The maximum atomic E-state index is 11.6. The van der Waals surface area contributed by atoms with Gasteiger partial charge in [-0.2, -0.15) is 5.10 Å². The molecule has 2 rings (SSSR count). The molecule has 21 heavy (non-hydrogen) atoms. The van der Waals surface area contributed by atoms with Crippen LogP contribution in [-0.2, 0) is 16.4 Å². The fraction of sp³-hybridized carbons (Fsp3) is 0.385. The van der Waals surface area contributed by atoms with E-state index in [0.717, 1.165) is 25.1 Å². The van der Waals surface area contributed by atoms with Gasteiger partial charge in [-0.1, -0.05) is 0 Å². The number of H-pyrrole nitrogens is 1. The topological polar surface area (TPSA) is 99.8 Å². The molecular formula is C13H19N5O2S. The smallest absolute Gasteiger partial charge is 0.241 e. The number of hydrogen-bond acceptors (Lipinski definition) is 5. The first kappa shape index (κ1) is 15.5. The molecule has 0 aliphatic rings. The van der Waals surface area contributed by atoms with Gasteiger partial charge in [0.25, 0.3) is 0 Å². The third kappa shape index (κ3) is 4.02. The van der Waals surface area contributed by atoms with Crippen LogP contribution in [0, 0.1) is 6.92 Å². The fourth-order valence-corrected chi connectivity index (χ4v) is 2.56. The van der Waals surface area contributed by atoms with Gasteiger partial charge in [0, 0.05) is 18.4 Å². The highest BCUT2D eigenvalue weighted by Crippen LogP contribution is 2.11. The Morgan fingerprint density at radius 1 is 1.29 bits per heavy atom. The number of pyridine rings is 1. The van der Waals surface area contributed by atoms with Crippen LogP contribution in [0.5, 0.6) is 0 Å². The quantitative estimate of drug-likeness (QED) is 0.664. The molecule has 0 bridgehead atoms. The van der Waals surface area contributed by atoms with Crippen LogP contribution in [0.4, 0.5) is 5.82 Å². The largest absolute Gasteiger partial charge is 0.370 e. The first-order valence-electron chi connectivity index (χ1n) is 6.65. The fourth-order valence-electron chi connectivity index (χ4n) is 1.88. The number of aromatic nitrogens is 3. The lowest BCUT2D eigenvalue weighted by molar-refractivity contribution is 0.588. The van der Waals surface area contributed by atoms with Gasteiger partial charge in [0.1, 0.15) is 10.7 Å². The van der Waals surface area contributed by atoms with Crippen molar-refractivity contribution < 1.29 is 8.42 Å². The van der Waals surface area contributed by atoms with Crippen molar-refractivity contribution in [2.75, 3.05) is 18.9 Å². The molecule has 7 nitrogen and oxygen atoms in total. The van der Waals surface area contributed by atoms with Crippen LogP contribution < -0.4 is 10.0 Å². The average Bonchev–Trinajstić information content (AvgIpc) is 2.89. The van der Waals surface area contributed by atoms with Gasteiger partial charge in [-0.05, 0) is 44.5 Å². The first-order chi connectivity index (χ1) is 10.0. The first-order valence-corrected chi connectivity index (χ1v) is 8.13. The van der Waals surface area contributed by atoms with E-state index >= 15 is 0 Å². The molecule has 0 spiro atoms. The summed E-state index contributed by atoms with van der Waals surface area (Å²) in [5, 5.41) is 10.1. The van der Waals surface area contributed by atoms with E-state index in [-0.39, 0.29) is 4.90 Å². The molecule has 8 heteroatoms. The van der Waals surface area contributed by atoms with Crippen molar-refractivity contribution in [2.24, 2.45) is 0 Å². The highest BCUT2D eigenvalue weighted by molar-refractivity contribution is 7.89. The zero-order valence-electron chi connectivity index (χ0n) is 12.0. The van der Waals surface area contributed by atoms with Crippen molar-refractivity contribution in [3.05, 3.63) is 35.8 Å². The molecule has 0 aliphatic heterocycles. The van der Waals surface area contributed by atoms with Crippen LogP contribution in [0.25, 0.3) is 0 Å². The molecule has 0 saturated heterocycles. The van der Waals surface area contributed by atoms with Crippen molar-refractivity contribution in [1.29, 1.82) is 0 Å². The highest BCUT2D eigenvalue weighted by Gasteiger charge is 2.11. The van der Waals surface area contributed by atoms with Crippen LogP contribution in [-0.4, -0.2) is 37.2 Å². The molecule has 2 aromatic rings. The number of anilines is 1. The number of sulfonamides is 1. The van der Waals surface area contributed by atoms with E-state index in [9.17, 15) is 8.42 Å². The van der Waals surface area contributed by atoms with E-state index in [2.05, 4.69) is 25.2 Å². The summed E-state index contributed by atoms with van der Waals surface area (Å²) in [6, 6.07) is 3.19. The number of aromatic amines is 1. The Morgan fingerprint density at radius 3 is 2.67 bits per heavy atom. The molecular weight excluding hydrogens is 290 g/mol. The highest BCUT2D eigenvalue weighted by atomic mass is 32.2. The third-order valence-electron chi connectivity index (χ3n) is 3.18. The zero-order valence-corrected chi connectivity index (χ0v) is 12.9. The zero-order chi connectivity index (χ0) is 15.3. The van der Waals surface area contributed by atoms with E-state index in [1.54, 1.807) is 6.07 Å². The van der Waals surface area contributed by atoms with Crippen molar-refractivity contribution in [3.8, 4) is 0 Å². The van der Waals surface area contributed by atoms with E-state index in [1.807, 2.05) is 13.1 Å². The Balaban J connectivity index is 1.83. The van der Waals surface area contributed by atoms with Crippen LogP contribution in [0.1, 0.15) is 17.7 Å². The van der Waals surface area contributed by atoms with E-state index < -0.39 is 10.0 Å². The van der Waals surface area contributed by atoms with Crippen LogP contribution in [0.2, 0.25) is 0 Å². The maximum Gasteiger partial charge on any atom is 0.241 e. The minimum absolute atomic E-state index is 0.157. The number of aryl methyl sites for hydroxylation is 2. The Labute approximate surface area is 124 Å². The van der Waals surface area contributed by atoms with Gasteiger partial charge >= 0.3 is 0 Å². The second-order valence-electron chi connectivity index (χ2n) is 4.64. The lowest BCUT2D eigenvalue weighted by Gasteiger charge is -2.06. The predicted molar refractivity (Wildman–Crippen MR) is 80.6 cm³/mol. The Bertz CT molecular complexity index is 679. The molecule has 0 radical (unpaired) electrons. The standard InChI is InChI=1S/C13H19N5O2S/c1-10-11(8-17-18-10)4-3-7-15-13-6-5-12(9-16-13)21(19,20)14-2/h5-6,8-9,14H,3-4,7H2,1-2H3,(H,15,16)(H,17,18). The van der Waals surface area contributed by atoms with Gasteiger partial charge in [0.2, 0.25) is 10.0 Å². The molecule has 0 saturated carbocycles. The Hall–Kier alpha value is -1.93. The summed E-state index contributed by atoms with van der Waals surface area (Å²) >= 11 is 0. The Morgan fingerprint density at radius 2 is 2.10 bits per heavy atom. The van der Waals surface area contributed by atoms with Crippen LogP contribution in [0.3, 0.4) is 0 Å². The molecule has 3 N–H and O–H groups in total. The second kappa shape index (κ2) is 6.68. The molecule has 2 heterocycles. The van der Waals surface area contributed by atoms with E-state index in [1.165, 1.54) is 24.9 Å². The van der Waals surface area contributed by atoms with E-state index in [4.69, 9.17) is 0 Å². The number of nitrogens with zero attached hydrogens (tertiary/aromatic N) is 2. The lowest BCUT2D eigenvalue weighted by atomic mass is 10.1. The van der Waals surface area contributed by atoms with E-state index in [0.29, 0.717) is 5.82 Å². The number of nitrogens with one attached hydrogen (secondary N) is 3. The van der Waals surface area contributed by atoms with Gasteiger partial charge in [-0.25, -0.2) is 18.1 Å². The molecule has 0 amide bonds. The van der Waals surface area contributed by atoms with Crippen molar-refractivity contribution >= 4 is 15.8 Å². The van der Waals surface area contributed by atoms with Gasteiger partial charge in [0.05, 0.1) is 6.20 Å². The second-order valence-corrected chi connectivity index (χ2v) is 6.52. The minimum Gasteiger partial charge on any atom is -0.370 e.